The fraction of sp³-hybridized carbons (Fsp3) is 0.500. The topological polar surface area (TPSA) is 137 Å². The fourth-order valence-electron chi connectivity index (χ4n) is 1.37. The van der Waals surface area contributed by atoms with Crippen LogP contribution in [0.5, 0.6) is 0 Å². The van der Waals surface area contributed by atoms with Crippen LogP contribution in [0, 0.1) is 6.92 Å². The molecular formula is C12H18N4O5. The Labute approximate surface area is 121 Å². The Balaban J connectivity index is 2.47. The minimum absolute atomic E-state index is 0.0399. The number of esters is 1. The van der Waals surface area contributed by atoms with Crippen molar-refractivity contribution in [3.8, 4) is 0 Å². The molecule has 0 aromatic carbocycles. The number of imide groups is 1. The lowest BCUT2D eigenvalue weighted by atomic mass is 10.1. The first kappa shape index (κ1) is 16.5. The van der Waals surface area contributed by atoms with Crippen LogP contribution in [-0.2, 0) is 9.53 Å². The van der Waals surface area contributed by atoms with E-state index in [0.717, 1.165) is 0 Å². The smallest absolute Gasteiger partial charge is 0.346 e. The Morgan fingerprint density at radius 3 is 2.43 bits per heavy atom. The maximum Gasteiger partial charge on any atom is 0.346 e. The Kier molecular flexibility index (Phi) is 4.90. The Morgan fingerprint density at radius 1 is 1.33 bits per heavy atom. The lowest BCUT2D eigenvalue weighted by Gasteiger charge is -2.20. The van der Waals surface area contributed by atoms with E-state index < -0.39 is 30.1 Å². The van der Waals surface area contributed by atoms with E-state index in [1.165, 1.54) is 6.92 Å². The molecule has 0 spiro atoms. The molecule has 0 aliphatic carbocycles. The number of carbonyl (C=O) groups is 3. The first-order chi connectivity index (χ1) is 9.60. The van der Waals surface area contributed by atoms with Crippen LogP contribution in [0.15, 0.2) is 4.52 Å². The summed E-state index contributed by atoms with van der Waals surface area (Å²) >= 11 is 0. The lowest BCUT2D eigenvalue weighted by molar-refractivity contribution is -0.123. The highest BCUT2D eigenvalue weighted by atomic mass is 16.5. The number of rotatable bonds is 3. The molecule has 0 aliphatic heterocycles. The molecular weight excluding hydrogens is 280 g/mol. The molecule has 0 fully saturated rings. The summed E-state index contributed by atoms with van der Waals surface area (Å²) in [5, 5.41) is 8.04. The number of aryl methyl sites for hydroxylation is 1. The number of carbonyl (C=O) groups excluding carboxylic acids is 3. The molecule has 1 heterocycles. The van der Waals surface area contributed by atoms with Gasteiger partial charge in [0.25, 0.3) is 5.91 Å². The number of hydrogen-bond acceptors (Lipinski definition) is 7. The van der Waals surface area contributed by atoms with Crippen molar-refractivity contribution < 1.29 is 23.6 Å². The molecule has 3 amide bonds. The fourth-order valence-corrected chi connectivity index (χ4v) is 1.37. The second-order valence-electron chi connectivity index (χ2n) is 5.34. The molecule has 0 radical (unpaired) electrons. The lowest BCUT2D eigenvalue weighted by Crippen LogP contribution is -2.49. The molecule has 0 saturated heterocycles. The van der Waals surface area contributed by atoms with Crippen LogP contribution in [-0.4, -0.2) is 35.2 Å². The number of urea groups is 1. The second kappa shape index (κ2) is 6.25. The molecule has 116 valence electrons. The third-order valence-corrected chi connectivity index (χ3v) is 2.17. The van der Waals surface area contributed by atoms with E-state index in [9.17, 15) is 14.4 Å². The maximum atomic E-state index is 11.7. The van der Waals surface area contributed by atoms with Crippen LogP contribution in [0.4, 0.5) is 10.7 Å². The van der Waals surface area contributed by atoms with E-state index >= 15 is 0 Å². The highest BCUT2D eigenvalue weighted by Crippen LogP contribution is 2.16. The van der Waals surface area contributed by atoms with Crippen molar-refractivity contribution in [2.45, 2.75) is 33.2 Å². The molecule has 1 aromatic rings. The van der Waals surface area contributed by atoms with Crippen molar-refractivity contribution in [2.75, 3.05) is 12.3 Å². The number of ether oxygens (including phenoxy) is 1. The number of anilines is 1. The third kappa shape index (κ3) is 5.13. The molecule has 1 rings (SSSR count). The van der Waals surface area contributed by atoms with Gasteiger partial charge in [-0.25, -0.2) is 9.59 Å². The maximum absolute atomic E-state index is 11.7. The number of nitrogens with one attached hydrogen (secondary N) is 2. The minimum atomic E-state index is -0.849. The predicted octanol–water partition coefficient (Wildman–Crippen LogP) is 0.346. The summed E-state index contributed by atoms with van der Waals surface area (Å²) in [5.41, 5.74) is 5.13. The molecule has 0 unspecified atom stereocenters. The van der Waals surface area contributed by atoms with Gasteiger partial charge in [-0.1, -0.05) is 5.16 Å². The van der Waals surface area contributed by atoms with E-state index in [4.69, 9.17) is 10.5 Å². The summed E-state index contributed by atoms with van der Waals surface area (Å²) < 4.78 is 9.33. The Bertz CT molecular complexity index is 539. The van der Waals surface area contributed by atoms with Gasteiger partial charge in [-0.05, 0) is 27.7 Å². The highest BCUT2D eigenvalue weighted by molar-refractivity contribution is 5.98. The van der Waals surface area contributed by atoms with Gasteiger partial charge in [-0.15, -0.1) is 0 Å². The van der Waals surface area contributed by atoms with Gasteiger partial charge in [0.05, 0.1) is 5.69 Å². The van der Waals surface area contributed by atoms with E-state index in [1.54, 1.807) is 20.8 Å². The van der Waals surface area contributed by atoms with Gasteiger partial charge in [0.2, 0.25) is 5.88 Å². The molecule has 1 aromatic heterocycles. The van der Waals surface area contributed by atoms with Gasteiger partial charge in [0, 0.05) is 5.54 Å². The van der Waals surface area contributed by atoms with E-state index in [1.807, 2.05) is 5.32 Å². The van der Waals surface area contributed by atoms with Gasteiger partial charge in [-0.3, -0.25) is 10.1 Å². The number of aromatic nitrogens is 1. The first-order valence-corrected chi connectivity index (χ1v) is 6.11. The van der Waals surface area contributed by atoms with Gasteiger partial charge in [-0.2, -0.15) is 0 Å². The molecule has 4 N–H and O–H groups in total. The summed E-state index contributed by atoms with van der Waals surface area (Å²) in [6, 6.07) is -0.677. The standard InChI is InChI=1S/C12H18N4O5/c1-6-8(9(13)21-16-6)10(18)20-5-7(17)14-11(19)15-12(2,3)4/h5,13H2,1-4H3,(H2,14,15,17,19). The largest absolute Gasteiger partial charge is 0.452 e. The molecule has 0 bridgehead atoms. The summed E-state index contributed by atoms with van der Waals surface area (Å²) in [6.45, 7) is 6.16. The quantitative estimate of drug-likeness (QED) is 0.684. The Hall–Kier alpha value is -2.58. The molecule has 0 saturated carbocycles. The van der Waals surface area contributed by atoms with Gasteiger partial charge in [0.1, 0.15) is 5.56 Å². The summed E-state index contributed by atoms with van der Waals surface area (Å²) in [4.78, 5) is 34.6. The average Bonchev–Trinajstić information content (AvgIpc) is 2.63. The number of amides is 3. The van der Waals surface area contributed by atoms with E-state index in [0.29, 0.717) is 0 Å². The van der Waals surface area contributed by atoms with E-state index in [-0.39, 0.29) is 17.1 Å². The zero-order chi connectivity index (χ0) is 16.2. The summed E-state index contributed by atoms with van der Waals surface area (Å²) in [5.74, 6) is -1.81. The number of nitrogen functional groups attached to an aromatic ring is 1. The van der Waals surface area contributed by atoms with Crippen molar-refractivity contribution in [1.29, 1.82) is 0 Å². The molecule has 9 nitrogen and oxygen atoms in total. The number of hydrogen-bond donors (Lipinski definition) is 3. The first-order valence-electron chi connectivity index (χ1n) is 6.11. The van der Waals surface area contributed by atoms with Crippen LogP contribution >= 0.6 is 0 Å². The highest BCUT2D eigenvalue weighted by Gasteiger charge is 2.21. The summed E-state index contributed by atoms with van der Waals surface area (Å²) in [7, 11) is 0. The SMILES string of the molecule is Cc1noc(N)c1C(=O)OCC(=O)NC(=O)NC(C)(C)C. The zero-order valence-electron chi connectivity index (χ0n) is 12.3. The number of nitrogens with zero attached hydrogens (tertiary/aromatic N) is 1. The van der Waals surface area contributed by atoms with E-state index in [2.05, 4.69) is 15.0 Å². The van der Waals surface area contributed by atoms with Crippen LogP contribution in [0.25, 0.3) is 0 Å². The van der Waals surface area contributed by atoms with Gasteiger partial charge < -0.3 is 20.3 Å². The van der Waals surface area contributed by atoms with Crippen LogP contribution in [0.2, 0.25) is 0 Å². The molecule has 0 atom stereocenters. The second-order valence-corrected chi connectivity index (χ2v) is 5.34. The monoisotopic (exact) mass is 298 g/mol. The van der Waals surface area contributed by atoms with Gasteiger partial charge in [0.15, 0.2) is 6.61 Å². The third-order valence-electron chi connectivity index (χ3n) is 2.17. The average molecular weight is 298 g/mol. The zero-order valence-corrected chi connectivity index (χ0v) is 12.3. The molecule has 21 heavy (non-hydrogen) atoms. The number of nitrogens with two attached hydrogens (primary N) is 1. The molecule has 0 aliphatic rings. The van der Waals surface area contributed by atoms with Crippen LogP contribution < -0.4 is 16.4 Å². The summed E-state index contributed by atoms with van der Waals surface area (Å²) in [6.07, 6.45) is 0. The van der Waals surface area contributed by atoms with Crippen LogP contribution in [0.1, 0.15) is 36.8 Å². The van der Waals surface area contributed by atoms with Crippen molar-refractivity contribution in [3.63, 3.8) is 0 Å². The van der Waals surface area contributed by atoms with Crippen molar-refractivity contribution in [3.05, 3.63) is 11.3 Å². The van der Waals surface area contributed by atoms with Crippen molar-refractivity contribution in [1.82, 2.24) is 15.8 Å². The minimum Gasteiger partial charge on any atom is -0.452 e. The van der Waals surface area contributed by atoms with Gasteiger partial charge >= 0.3 is 12.0 Å². The molecule has 9 heteroatoms. The van der Waals surface area contributed by atoms with Crippen molar-refractivity contribution >= 4 is 23.8 Å². The van der Waals surface area contributed by atoms with Crippen molar-refractivity contribution in [2.24, 2.45) is 0 Å². The Morgan fingerprint density at radius 2 is 1.95 bits per heavy atom. The normalized spacial score (nSPS) is 10.9. The van der Waals surface area contributed by atoms with Crippen LogP contribution in [0.3, 0.4) is 0 Å². The predicted molar refractivity (Wildman–Crippen MR) is 72.4 cm³/mol.